The maximum atomic E-state index is 5.25. The van der Waals surface area contributed by atoms with Crippen molar-refractivity contribution in [3.63, 3.8) is 0 Å². The summed E-state index contributed by atoms with van der Waals surface area (Å²) in [6.45, 7) is 2.06. The van der Waals surface area contributed by atoms with Crippen LogP contribution in [0.4, 0.5) is 0 Å². The van der Waals surface area contributed by atoms with Gasteiger partial charge in [0.15, 0.2) is 16.7 Å². The van der Waals surface area contributed by atoms with Crippen LogP contribution in [0.3, 0.4) is 0 Å². The fraction of sp³-hybridized carbons (Fsp3) is 0.467. The van der Waals surface area contributed by atoms with Gasteiger partial charge >= 0.3 is 0 Å². The first-order valence-corrected chi connectivity index (χ1v) is 8.89. The van der Waals surface area contributed by atoms with E-state index < -0.39 is 0 Å². The minimum Gasteiger partial charge on any atom is -0.459 e. The molecule has 1 unspecified atom stereocenters. The summed E-state index contributed by atoms with van der Waals surface area (Å²) < 4.78 is 12.5. The number of hydrogen-bond donors (Lipinski definition) is 1. The van der Waals surface area contributed by atoms with Gasteiger partial charge in [0.05, 0.1) is 12.0 Å². The van der Waals surface area contributed by atoms with Crippen molar-refractivity contribution in [1.82, 2.24) is 30.2 Å². The van der Waals surface area contributed by atoms with E-state index in [0.29, 0.717) is 29.1 Å². The van der Waals surface area contributed by atoms with Crippen molar-refractivity contribution in [2.24, 2.45) is 7.05 Å². The summed E-state index contributed by atoms with van der Waals surface area (Å²) in [4.78, 5) is 4.33. The summed E-state index contributed by atoms with van der Waals surface area (Å²) in [5.41, 5.74) is 0. The van der Waals surface area contributed by atoms with Gasteiger partial charge < -0.3 is 18.8 Å². The first-order valence-electron chi connectivity index (χ1n) is 7.90. The van der Waals surface area contributed by atoms with Gasteiger partial charge in [-0.2, -0.15) is 4.98 Å². The third-order valence-corrected chi connectivity index (χ3v) is 5.08. The van der Waals surface area contributed by atoms with E-state index in [2.05, 4.69) is 30.2 Å². The number of nitrogens with one attached hydrogen (secondary N) is 1. The van der Waals surface area contributed by atoms with Crippen molar-refractivity contribution in [3.05, 3.63) is 30.0 Å². The van der Waals surface area contributed by atoms with Gasteiger partial charge in [0, 0.05) is 19.5 Å². The molecule has 0 saturated carbocycles. The second-order valence-corrected chi connectivity index (χ2v) is 6.67. The molecule has 0 radical (unpaired) electrons. The highest BCUT2D eigenvalue weighted by Crippen LogP contribution is 2.26. The fourth-order valence-corrected chi connectivity index (χ4v) is 3.58. The fourth-order valence-electron chi connectivity index (χ4n) is 2.82. The van der Waals surface area contributed by atoms with Crippen molar-refractivity contribution in [3.8, 4) is 11.7 Å². The van der Waals surface area contributed by atoms with Gasteiger partial charge in [-0.1, -0.05) is 16.9 Å². The van der Waals surface area contributed by atoms with Crippen LogP contribution in [0.5, 0.6) is 0 Å². The minimum atomic E-state index is 0.391. The molecular formula is C15H18N6O2S. The van der Waals surface area contributed by atoms with Crippen LogP contribution in [0.2, 0.25) is 0 Å². The number of rotatable bonds is 5. The molecule has 3 aromatic heterocycles. The van der Waals surface area contributed by atoms with Crippen LogP contribution in [0.1, 0.15) is 30.4 Å². The van der Waals surface area contributed by atoms with Crippen LogP contribution in [-0.4, -0.2) is 38.0 Å². The summed E-state index contributed by atoms with van der Waals surface area (Å²) >= 11 is 1.55. The first-order chi connectivity index (χ1) is 11.8. The monoisotopic (exact) mass is 346 g/mol. The van der Waals surface area contributed by atoms with E-state index in [1.807, 2.05) is 7.05 Å². The maximum absolute atomic E-state index is 5.25. The highest BCUT2D eigenvalue weighted by molar-refractivity contribution is 7.98. The standard InChI is InChI=1S/C15H18N6O2S/c1-21-13(10-4-2-6-16-8-10)18-19-15(21)24-9-12-17-14(23-20-12)11-5-3-7-22-11/h3,5,7,10,16H,2,4,6,8-9H2,1H3. The molecule has 1 N–H and O–H groups in total. The van der Waals surface area contributed by atoms with Gasteiger partial charge in [0.1, 0.15) is 5.82 Å². The summed E-state index contributed by atoms with van der Waals surface area (Å²) in [6.07, 6.45) is 3.91. The summed E-state index contributed by atoms with van der Waals surface area (Å²) in [7, 11) is 2.01. The molecule has 0 spiro atoms. The zero-order chi connectivity index (χ0) is 16.4. The molecule has 8 nitrogen and oxygen atoms in total. The highest BCUT2D eigenvalue weighted by atomic mass is 32.2. The molecule has 0 amide bonds. The molecule has 1 atom stereocenters. The van der Waals surface area contributed by atoms with Crippen LogP contribution in [-0.2, 0) is 12.8 Å². The summed E-state index contributed by atoms with van der Waals surface area (Å²) in [5.74, 6) is 3.61. The largest absolute Gasteiger partial charge is 0.459 e. The highest BCUT2D eigenvalue weighted by Gasteiger charge is 2.22. The predicted octanol–water partition coefficient (Wildman–Crippen LogP) is 2.22. The summed E-state index contributed by atoms with van der Waals surface area (Å²) in [6, 6.07) is 3.58. The lowest BCUT2D eigenvalue weighted by Gasteiger charge is -2.21. The Morgan fingerprint density at radius 2 is 2.38 bits per heavy atom. The van der Waals surface area contributed by atoms with Gasteiger partial charge in [-0.15, -0.1) is 10.2 Å². The number of aromatic nitrogens is 5. The molecule has 1 aliphatic heterocycles. The predicted molar refractivity (Wildman–Crippen MR) is 87.4 cm³/mol. The van der Waals surface area contributed by atoms with E-state index >= 15 is 0 Å². The second kappa shape index (κ2) is 6.78. The molecule has 1 fully saturated rings. The second-order valence-electron chi connectivity index (χ2n) is 5.72. The van der Waals surface area contributed by atoms with Crippen LogP contribution in [0.15, 0.2) is 32.5 Å². The van der Waals surface area contributed by atoms with E-state index in [1.165, 1.54) is 6.42 Å². The quantitative estimate of drug-likeness (QED) is 0.703. The Balaban J connectivity index is 1.42. The van der Waals surface area contributed by atoms with Crippen LogP contribution in [0, 0.1) is 0 Å². The van der Waals surface area contributed by atoms with Crippen molar-refractivity contribution >= 4 is 11.8 Å². The zero-order valence-corrected chi connectivity index (χ0v) is 14.1. The molecule has 4 heterocycles. The lowest BCUT2D eigenvalue weighted by atomic mass is 9.99. The normalized spacial score (nSPS) is 18.1. The average Bonchev–Trinajstić information content (AvgIpc) is 3.35. The minimum absolute atomic E-state index is 0.391. The van der Waals surface area contributed by atoms with Crippen LogP contribution < -0.4 is 5.32 Å². The topological polar surface area (TPSA) is 94.8 Å². The van der Waals surface area contributed by atoms with E-state index in [0.717, 1.165) is 30.5 Å². The van der Waals surface area contributed by atoms with Crippen molar-refractivity contribution in [2.45, 2.75) is 29.7 Å². The summed E-state index contributed by atoms with van der Waals surface area (Å²) in [5, 5.41) is 16.9. The maximum Gasteiger partial charge on any atom is 0.293 e. The van der Waals surface area contributed by atoms with E-state index in [-0.39, 0.29) is 0 Å². The molecular weight excluding hydrogens is 328 g/mol. The average molecular weight is 346 g/mol. The number of thioether (sulfide) groups is 1. The van der Waals surface area contributed by atoms with Crippen molar-refractivity contribution in [2.75, 3.05) is 13.1 Å². The van der Waals surface area contributed by atoms with Gasteiger partial charge in [0.2, 0.25) is 0 Å². The third kappa shape index (κ3) is 3.09. The molecule has 0 aliphatic carbocycles. The Hall–Kier alpha value is -2.13. The van der Waals surface area contributed by atoms with E-state index in [9.17, 15) is 0 Å². The Bertz CT molecular complexity index is 791. The number of hydrogen-bond acceptors (Lipinski definition) is 8. The van der Waals surface area contributed by atoms with Crippen LogP contribution >= 0.6 is 11.8 Å². The molecule has 24 heavy (non-hydrogen) atoms. The third-order valence-electron chi connectivity index (χ3n) is 4.06. The van der Waals surface area contributed by atoms with Gasteiger partial charge in [-0.05, 0) is 31.5 Å². The molecule has 1 aliphatic rings. The molecule has 4 rings (SSSR count). The zero-order valence-electron chi connectivity index (χ0n) is 13.3. The van der Waals surface area contributed by atoms with E-state index in [4.69, 9.17) is 8.94 Å². The lowest BCUT2D eigenvalue weighted by molar-refractivity contribution is 0.411. The molecule has 0 aromatic carbocycles. The Labute approximate surface area is 143 Å². The number of piperidine rings is 1. The number of nitrogens with zero attached hydrogens (tertiary/aromatic N) is 5. The lowest BCUT2D eigenvalue weighted by Crippen LogP contribution is -2.29. The van der Waals surface area contributed by atoms with Crippen LogP contribution in [0.25, 0.3) is 11.7 Å². The van der Waals surface area contributed by atoms with E-state index in [1.54, 1.807) is 30.2 Å². The smallest absolute Gasteiger partial charge is 0.293 e. The molecule has 3 aromatic rings. The first kappa shape index (κ1) is 15.4. The number of furan rings is 1. The van der Waals surface area contributed by atoms with Gasteiger partial charge in [-0.25, -0.2) is 0 Å². The molecule has 1 saturated heterocycles. The molecule has 126 valence electrons. The Morgan fingerprint density at radius 3 is 3.17 bits per heavy atom. The SMILES string of the molecule is Cn1c(SCc2noc(-c3ccco3)n2)nnc1C1CCCNC1. The Morgan fingerprint density at radius 1 is 1.42 bits per heavy atom. The molecule has 0 bridgehead atoms. The molecule has 9 heteroatoms. The van der Waals surface area contributed by atoms with Crippen molar-refractivity contribution in [1.29, 1.82) is 0 Å². The van der Waals surface area contributed by atoms with Gasteiger partial charge in [0.25, 0.3) is 5.89 Å². The Kier molecular flexibility index (Phi) is 4.35. The van der Waals surface area contributed by atoms with Gasteiger partial charge in [-0.3, -0.25) is 0 Å². The van der Waals surface area contributed by atoms with Crippen molar-refractivity contribution < 1.29 is 8.94 Å².